The Labute approximate surface area is 81.1 Å². The van der Waals surface area contributed by atoms with Crippen LogP contribution >= 0.6 is 15.9 Å². The van der Waals surface area contributed by atoms with E-state index in [1.54, 1.807) is 12.3 Å². The third-order valence-corrected chi connectivity index (χ3v) is 2.32. The number of pyridine rings is 1. The van der Waals surface area contributed by atoms with Gasteiger partial charge in [-0.3, -0.25) is 10.1 Å². The first-order chi connectivity index (χ1) is 6.20. The summed E-state index contributed by atoms with van der Waals surface area (Å²) in [5.41, 5.74) is 0.739. The van der Waals surface area contributed by atoms with E-state index in [1.165, 1.54) is 6.20 Å². The topological polar surface area (TPSA) is 71.8 Å². The molecule has 0 bridgehead atoms. The van der Waals surface area contributed by atoms with Crippen molar-refractivity contribution in [3.05, 3.63) is 33.2 Å². The molecular weight excluding hydrogens is 238 g/mol. The highest BCUT2D eigenvalue weighted by atomic mass is 79.9. The summed E-state index contributed by atoms with van der Waals surface area (Å²) in [6.45, 7) is 0. The fourth-order valence-electron chi connectivity index (χ4n) is 1.16. The maximum absolute atomic E-state index is 10.6. The maximum Gasteiger partial charge on any atom is 0.297 e. The highest BCUT2D eigenvalue weighted by molar-refractivity contribution is 9.10. The van der Waals surface area contributed by atoms with Crippen molar-refractivity contribution in [2.45, 2.75) is 0 Å². The molecule has 0 aromatic carbocycles. The molecule has 2 heterocycles. The van der Waals surface area contributed by atoms with Crippen molar-refractivity contribution in [3.63, 3.8) is 0 Å². The summed E-state index contributed by atoms with van der Waals surface area (Å²) in [7, 11) is 0. The van der Waals surface area contributed by atoms with Gasteiger partial charge in [0.15, 0.2) is 0 Å². The second-order valence-electron chi connectivity index (χ2n) is 2.46. The predicted octanol–water partition coefficient (Wildman–Crippen LogP) is 2.23. The highest BCUT2D eigenvalue weighted by Gasteiger charge is 2.16. The number of rotatable bonds is 1. The van der Waals surface area contributed by atoms with E-state index in [-0.39, 0.29) is 5.69 Å². The van der Waals surface area contributed by atoms with Crippen molar-refractivity contribution in [1.29, 1.82) is 0 Å². The third kappa shape index (κ3) is 1.19. The number of nitrogens with one attached hydrogen (secondary N) is 1. The number of hydrogen-bond acceptors (Lipinski definition) is 3. The smallest absolute Gasteiger partial charge is 0.297 e. The molecule has 1 N–H and O–H groups in total. The van der Waals surface area contributed by atoms with Gasteiger partial charge in [-0.05, 0) is 22.0 Å². The summed E-state index contributed by atoms with van der Waals surface area (Å²) in [4.78, 5) is 16.8. The molecule has 0 aliphatic carbocycles. The van der Waals surface area contributed by atoms with Crippen molar-refractivity contribution in [1.82, 2.24) is 9.97 Å². The average Bonchev–Trinajstić information content (AvgIpc) is 2.49. The molecule has 0 unspecified atom stereocenters. The number of nitro groups is 1. The van der Waals surface area contributed by atoms with Gasteiger partial charge < -0.3 is 4.98 Å². The SMILES string of the molecule is O=[N+]([O-])c1c[nH]c2ccnc(Br)c12. The van der Waals surface area contributed by atoms with E-state index in [2.05, 4.69) is 25.9 Å². The molecule has 13 heavy (non-hydrogen) atoms. The molecule has 2 rings (SSSR count). The molecule has 6 heteroatoms. The zero-order chi connectivity index (χ0) is 9.42. The number of hydrogen-bond donors (Lipinski definition) is 1. The molecule has 0 aliphatic heterocycles. The largest absolute Gasteiger partial charge is 0.355 e. The summed E-state index contributed by atoms with van der Waals surface area (Å²) in [6, 6.07) is 1.69. The van der Waals surface area contributed by atoms with Gasteiger partial charge in [-0.1, -0.05) is 0 Å². The van der Waals surface area contributed by atoms with Gasteiger partial charge in [-0.25, -0.2) is 4.98 Å². The van der Waals surface area contributed by atoms with Gasteiger partial charge in [0.25, 0.3) is 5.69 Å². The number of fused-ring (bicyclic) bond motifs is 1. The summed E-state index contributed by atoms with van der Waals surface area (Å²) < 4.78 is 0.484. The Hall–Kier alpha value is -1.43. The Bertz CT molecular complexity index is 480. The van der Waals surface area contributed by atoms with Gasteiger partial charge in [-0.2, -0.15) is 0 Å². The van der Waals surface area contributed by atoms with E-state index < -0.39 is 4.92 Å². The van der Waals surface area contributed by atoms with Gasteiger partial charge in [-0.15, -0.1) is 0 Å². The predicted molar refractivity (Wildman–Crippen MR) is 50.4 cm³/mol. The molecule has 2 aromatic rings. The normalized spacial score (nSPS) is 10.5. The van der Waals surface area contributed by atoms with Gasteiger partial charge >= 0.3 is 0 Å². The van der Waals surface area contributed by atoms with Crippen LogP contribution in [0.3, 0.4) is 0 Å². The average molecular weight is 242 g/mol. The number of nitrogens with zero attached hydrogens (tertiary/aromatic N) is 2. The quantitative estimate of drug-likeness (QED) is 0.473. The van der Waals surface area contributed by atoms with Gasteiger partial charge in [0.2, 0.25) is 0 Å². The zero-order valence-electron chi connectivity index (χ0n) is 6.32. The van der Waals surface area contributed by atoms with E-state index in [4.69, 9.17) is 0 Å². The Morgan fingerprint density at radius 2 is 2.38 bits per heavy atom. The standard InChI is InChI=1S/C7H4BrN3O2/c8-7-6-4(1-2-9-7)10-3-5(6)11(12)13/h1-3,10H. The minimum atomic E-state index is -0.439. The van der Waals surface area contributed by atoms with Crippen LogP contribution in [-0.2, 0) is 0 Å². The lowest BCUT2D eigenvalue weighted by Crippen LogP contribution is -1.86. The Morgan fingerprint density at radius 3 is 3.08 bits per heavy atom. The number of aromatic nitrogens is 2. The summed E-state index contributed by atoms with van der Waals surface area (Å²) in [6.07, 6.45) is 2.93. The summed E-state index contributed by atoms with van der Waals surface area (Å²) in [5.74, 6) is 0. The van der Waals surface area contributed by atoms with Crippen LogP contribution in [0.4, 0.5) is 5.69 Å². The van der Waals surface area contributed by atoms with Crippen molar-refractivity contribution in [2.75, 3.05) is 0 Å². The van der Waals surface area contributed by atoms with Crippen LogP contribution in [0.15, 0.2) is 23.1 Å². The third-order valence-electron chi connectivity index (χ3n) is 1.72. The van der Waals surface area contributed by atoms with Crippen LogP contribution in [0.2, 0.25) is 0 Å². The molecule has 0 radical (unpaired) electrons. The Kier molecular flexibility index (Phi) is 1.77. The minimum absolute atomic E-state index is 0.0370. The number of halogens is 1. The van der Waals surface area contributed by atoms with Crippen LogP contribution in [-0.4, -0.2) is 14.9 Å². The second-order valence-corrected chi connectivity index (χ2v) is 3.21. The zero-order valence-corrected chi connectivity index (χ0v) is 7.91. The van der Waals surface area contributed by atoms with Crippen LogP contribution in [0.1, 0.15) is 0 Å². The first-order valence-electron chi connectivity index (χ1n) is 3.46. The molecule has 0 fully saturated rings. The van der Waals surface area contributed by atoms with Crippen molar-refractivity contribution in [2.24, 2.45) is 0 Å². The first kappa shape index (κ1) is 8.18. The fourth-order valence-corrected chi connectivity index (χ4v) is 1.70. The van der Waals surface area contributed by atoms with E-state index in [1.807, 2.05) is 0 Å². The summed E-state index contributed by atoms with van der Waals surface area (Å²) >= 11 is 3.16. The lowest BCUT2D eigenvalue weighted by atomic mass is 10.3. The molecule has 0 spiro atoms. The molecule has 66 valence electrons. The monoisotopic (exact) mass is 241 g/mol. The van der Waals surface area contributed by atoms with Crippen molar-refractivity contribution in [3.8, 4) is 0 Å². The fraction of sp³-hybridized carbons (Fsp3) is 0. The van der Waals surface area contributed by atoms with Crippen molar-refractivity contribution >= 4 is 32.5 Å². The molecule has 0 amide bonds. The van der Waals surface area contributed by atoms with Crippen LogP contribution in [0.5, 0.6) is 0 Å². The van der Waals surface area contributed by atoms with E-state index in [0.717, 1.165) is 0 Å². The Morgan fingerprint density at radius 1 is 1.62 bits per heavy atom. The van der Waals surface area contributed by atoms with E-state index in [9.17, 15) is 10.1 Å². The van der Waals surface area contributed by atoms with Gasteiger partial charge in [0.05, 0.1) is 16.6 Å². The van der Waals surface area contributed by atoms with Crippen LogP contribution in [0, 0.1) is 10.1 Å². The molecule has 0 atom stereocenters. The van der Waals surface area contributed by atoms with Crippen LogP contribution < -0.4 is 0 Å². The highest BCUT2D eigenvalue weighted by Crippen LogP contribution is 2.29. The molecule has 2 aromatic heterocycles. The van der Waals surface area contributed by atoms with Gasteiger partial charge in [0.1, 0.15) is 9.99 Å². The van der Waals surface area contributed by atoms with E-state index in [0.29, 0.717) is 15.5 Å². The molecular formula is C7H4BrN3O2. The summed E-state index contributed by atoms with van der Waals surface area (Å²) in [5, 5.41) is 11.1. The second kappa shape index (κ2) is 2.81. The number of H-pyrrole nitrogens is 1. The van der Waals surface area contributed by atoms with Crippen molar-refractivity contribution < 1.29 is 4.92 Å². The first-order valence-corrected chi connectivity index (χ1v) is 4.25. The maximum atomic E-state index is 10.6. The van der Waals surface area contributed by atoms with E-state index >= 15 is 0 Å². The van der Waals surface area contributed by atoms with Crippen LogP contribution in [0.25, 0.3) is 10.9 Å². The molecule has 0 saturated carbocycles. The molecule has 0 aliphatic rings. The lowest BCUT2D eigenvalue weighted by molar-refractivity contribution is -0.383. The lowest BCUT2D eigenvalue weighted by Gasteiger charge is -1.91. The Balaban J connectivity index is 2.86. The molecule has 5 nitrogen and oxygen atoms in total. The minimum Gasteiger partial charge on any atom is -0.355 e. The molecule has 0 saturated heterocycles. The van der Waals surface area contributed by atoms with Gasteiger partial charge in [0, 0.05) is 6.20 Å². The number of aromatic amines is 1.